The third kappa shape index (κ3) is 5.35. The van der Waals surface area contributed by atoms with Crippen LogP contribution in [-0.4, -0.2) is 52.0 Å². The summed E-state index contributed by atoms with van der Waals surface area (Å²) in [5, 5.41) is 13.7. The van der Waals surface area contributed by atoms with Crippen LogP contribution in [0.25, 0.3) is 0 Å². The number of carbonyl (C=O) groups is 1. The first-order valence-corrected chi connectivity index (χ1v) is 9.80. The van der Waals surface area contributed by atoms with Gasteiger partial charge in [0.2, 0.25) is 15.9 Å². The van der Waals surface area contributed by atoms with Gasteiger partial charge in [0.1, 0.15) is 11.6 Å². The second-order valence-electron chi connectivity index (χ2n) is 6.12. The van der Waals surface area contributed by atoms with E-state index in [1.807, 2.05) is 4.83 Å². The van der Waals surface area contributed by atoms with Crippen molar-refractivity contribution in [3.05, 3.63) is 33.9 Å². The molecule has 1 aliphatic heterocycles. The van der Waals surface area contributed by atoms with E-state index in [0.29, 0.717) is 17.9 Å². The molecule has 0 aromatic heterocycles. The minimum Gasteiger partial charge on any atom is -0.494 e. The van der Waals surface area contributed by atoms with Crippen LogP contribution >= 0.6 is 0 Å². The zero-order chi connectivity index (χ0) is 20.1. The molecule has 1 heterocycles. The van der Waals surface area contributed by atoms with Crippen LogP contribution in [0.3, 0.4) is 0 Å². The van der Waals surface area contributed by atoms with Gasteiger partial charge in [0.25, 0.3) is 5.69 Å². The molecule has 12 heteroatoms. The average molecular weight is 402 g/mol. The quantitative estimate of drug-likeness (QED) is 0.359. The Bertz CT molecular complexity index is 808. The maximum absolute atomic E-state index is 12.2. The van der Waals surface area contributed by atoms with Crippen molar-refractivity contribution in [1.29, 1.82) is 0 Å². The molecule has 0 saturated carbocycles. The largest absolute Gasteiger partial charge is 0.494 e. The lowest BCUT2D eigenvalue weighted by atomic mass is 9.75. The number of nitrogens with one attached hydrogen (secondary N) is 3. The van der Waals surface area contributed by atoms with Crippen LogP contribution in [0.15, 0.2) is 18.2 Å². The van der Waals surface area contributed by atoms with Gasteiger partial charge in [-0.25, -0.2) is 8.42 Å². The normalized spacial score (nSPS) is 15.6. The van der Waals surface area contributed by atoms with Gasteiger partial charge in [-0.3, -0.25) is 20.3 Å². The summed E-state index contributed by atoms with van der Waals surface area (Å²) in [6.45, 7) is 2.44. The number of amides is 1. The van der Waals surface area contributed by atoms with Gasteiger partial charge in [-0.15, -0.1) is 4.83 Å². The standard InChI is InChI=1S/C15H22N4O7S/c1-3-26-13-5-11(4-12(6-13)19(21)22)15(8-25-9-15)7-14(20)17-18-27(23,24)10-16-2/h4-6,16,18H,3,7-10H2,1-2H3,(H,17,20). The predicted octanol–water partition coefficient (Wildman–Crippen LogP) is -0.221. The fraction of sp³-hybridized carbons (Fsp3) is 0.533. The summed E-state index contributed by atoms with van der Waals surface area (Å²) in [5.41, 5.74) is 1.72. The van der Waals surface area contributed by atoms with Crippen molar-refractivity contribution in [3.8, 4) is 5.75 Å². The van der Waals surface area contributed by atoms with Crippen molar-refractivity contribution >= 4 is 21.6 Å². The minimum absolute atomic E-state index is 0.109. The van der Waals surface area contributed by atoms with E-state index >= 15 is 0 Å². The smallest absolute Gasteiger partial charge is 0.273 e. The molecule has 0 spiro atoms. The molecule has 3 N–H and O–H groups in total. The highest BCUT2D eigenvalue weighted by molar-refractivity contribution is 7.89. The van der Waals surface area contributed by atoms with Crippen LogP contribution in [0, 0.1) is 10.1 Å². The first kappa shape index (κ1) is 21.0. The third-order valence-corrected chi connectivity index (χ3v) is 5.04. The van der Waals surface area contributed by atoms with Crippen molar-refractivity contribution in [3.63, 3.8) is 0 Å². The number of benzene rings is 1. The first-order valence-electron chi connectivity index (χ1n) is 8.15. The Labute approximate surface area is 156 Å². The number of hydrogen-bond donors (Lipinski definition) is 3. The predicted molar refractivity (Wildman–Crippen MR) is 95.5 cm³/mol. The number of rotatable bonds is 10. The van der Waals surface area contributed by atoms with E-state index in [9.17, 15) is 23.3 Å². The number of hydrazine groups is 1. The van der Waals surface area contributed by atoms with Crippen LogP contribution in [0.1, 0.15) is 18.9 Å². The van der Waals surface area contributed by atoms with Gasteiger partial charge in [-0.1, -0.05) is 0 Å². The summed E-state index contributed by atoms with van der Waals surface area (Å²) in [6, 6.07) is 4.33. The van der Waals surface area contributed by atoms with E-state index in [1.165, 1.54) is 19.2 Å². The molecule has 0 atom stereocenters. The summed E-state index contributed by atoms with van der Waals surface area (Å²) in [6.07, 6.45) is -0.109. The van der Waals surface area contributed by atoms with Crippen LogP contribution in [0.5, 0.6) is 5.75 Å². The molecule has 1 aromatic rings. The third-order valence-electron chi connectivity index (χ3n) is 3.96. The highest BCUT2D eigenvalue weighted by Crippen LogP contribution is 2.39. The second kappa shape index (κ2) is 8.61. The van der Waals surface area contributed by atoms with Gasteiger partial charge in [-0.05, 0) is 25.6 Å². The molecule has 1 fully saturated rings. The van der Waals surface area contributed by atoms with Gasteiger partial charge >= 0.3 is 0 Å². The van der Waals surface area contributed by atoms with Crippen molar-refractivity contribution in [1.82, 2.24) is 15.6 Å². The lowest BCUT2D eigenvalue weighted by Gasteiger charge is -2.41. The Balaban J connectivity index is 2.19. The van der Waals surface area contributed by atoms with Gasteiger partial charge < -0.3 is 14.8 Å². The fourth-order valence-corrected chi connectivity index (χ4v) is 3.40. The van der Waals surface area contributed by atoms with Crippen LogP contribution in [-0.2, 0) is 25.0 Å². The number of nitro benzene ring substituents is 1. The molecule has 0 unspecified atom stereocenters. The van der Waals surface area contributed by atoms with E-state index in [2.05, 4.69) is 10.7 Å². The molecular formula is C15H22N4O7S. The maximum atomic E-state index is 12.2. The number of non-ortho nitro benzene ring substituents is 1. The highest BCUT2D eigenvalue weighted by atomic mass is 32.2. The second-order valence-corrected chi connectivity index (χ2v) is 7.84. The van der Waals surface area contributed by atoms with Crippen molar-refractivity contribution in [2.24, 2.45) is 0 Å². The molecule has 0 radical (unpaired) electrons. The van der Waals surface area contributed by atoms with E-state index < -0.39 is 26.3 Å². The zero-order valence-corrected chi connectivity index (χ0v) is 15.8. The Kier molecular flexibility index (Phi) is 6.70. The topological polar surface area (TPSA) is 149 Å². The maximum Gasteiger partial charge on any atom is 0.273 e. The van der Waals surface area contributed by atoms with Crippen molar-refractivity contribution in [2.45, 2.75) is 18.8 Å². The lowest BCUT2D eigenvalue weighted by molar-refractivity contribution is -0.385. The van der Waals surface area contributed by atoms with E-state index in [-0.39, 0.29) is 31.2 Å². The van der Waals surface area contributed by atoms with E-state index in [4.69, 9.17) is 9.47 Å². The lowest BCUT2D eigenvalue weighted by Crippen LogP contribution is -2.52. The molecule has 1 amide bonds. The summed E-state index contributed by atoms with van der Waals surface area (Å²) < 4.78 is 33.8. The molecule has 0 aliphatic carbocycles. The molecule has 1 saturated heterocycles. The zero-order valence-electron chi connectivity index (χ0n) is 15.0. The molecule has 1 aliphatic rings. The molecule has 11 nitrogen and oxygen atoms in total. The molecule has 2 rings (SSSR count). The van der Waals surface area contributed by atoms with Crippen LogP contribution < -0.4 is 20.3 Å². The number of sulfonamides is 1. The fourth-order valence-electron chi connectivity index (χ4n) is 2.68. The van der Waals surface area contributed by atoms with Gasteiger partial charge in [0.05, 0.1) is 36.2 Å². The Morgan fingerprint density at radius 1 is 1.37 bits per heavy atom. The molecule has 150 valence electrons. The summed E-state index contributed by atoms with van der Waals surface area (Å²) >= 11 is 0. The van der Waals surface area contributed by atoms with Gasteiger partial charge in [-0.2, -0.15) is 0 Å². The monoisotopic (exact) mass is 402 g/mol. The number of carbonyl (C=O) groups excluding carboxylic acids is 1. The Morgan fingerprint density at radius 2 is 2.07 bits per heavy atom. The van der Waals surface area contributed by atoms with Crippen LogP contribution in [0.4, 0.5) is 5.69 Å². The number of hydrogen-bond acceptors (Lipinski definition) is 8. The van der Waals surface area contributed by atoms with Gasteiger partial charge in [0.15, 0.2) is 0 Å². The Hall–Kier alpha value is -2.28. The molecule has 0 bridgehead atoms. The van der Waals surface area contributed by atoms with Crippen molar-refractivity contribution in [2.75, 3.05) is 32.7 Å². The summed E-state index contributed by atoms with van der Waals surface area (Å²) in [5.74, 6) is -0.616. The SMILES string of the molecule is CCOc1cc([N+](=O)[O-])cc(C2(CC(=O)NNS(=O)(=O)CNC)COC2)c1. The minimum atomic E-state index is -3.70. The molecular weight excluding hydrogens is 380 g/mol. The van der Waals surface area contributed by atoms with E-state index in [0.717, 1.165) is 0 Å². The highest BCUT2D eigenvalue weighted by Gasteiger charge is 2.43. The molecule has 27 heavy (non-hydrogen) atoms. The Morgan fingerprint density at radius 3 is 2.59 bits per heavy atom. The first-order chi connectivity index (χ1) is 12.7. The summed E-state index contributed by atoms with van der Waals surface area (Å²) in [7, 11) is -2.24. The number of ether oxygens (including phenoxy) is 2. The molecule has 1 aromatic carbocycles. The van der Waals surface area contributed by atoms with Crippen molar-refractivity contribution < 1.29 is 27.6 Å². The van der Waals surface area contributed by atoms with E-state index in [1.54, 1.807) is 13.0 Å². The summed E-state index contributed by atoms with van der Waals surface area (Å²) in [4.78, 5) is 24.9. The van der Waals surface area contributed by atoms with Crippen LogP contribution in [0.2, 0.25) is 0 Å². The van der Waals surface area contributed by atoms with Gasteiger partial charge in [0, 0.05) is 12.5 Å². The number of nitrogens with zero attached hydrogens (tertiary/aromatic N) is 1. The average Bonchev–Trinajstić information content (AvgIpc) is 2.56. The number of nitro groups is 1.